The molecular weight excluding hydrogens is 300 g/mol. The summed E-state index contributed by atoms with van der Waals surface area (Å²) in [6.45, 7) is 3.65. The Bertz CT molecular complexity index is 658. The van der Waals surface area contributed by atoms with Crippen molar-refractivity contribution >= 4 is 29.5 Å². The summed E-state index contributed by atoms with van der Waals surface area (Å²) in [6, 6.07) is -0.153. The van der Waals surface area contributed by atoms with Gasteiger partial charge >= 0.3 is 6.09 Å². The SMILES string of the molecule is Cc1nc(NC2CC(OC(N)=O)C2)nc2c1NC(=O)[C@H](C)N2C. The van der Waals surface area contributed by atoms with Crippen LogP contribution in [0.3, 0.4) is 0 Å². The Morgan fingerprint density at radius 2 is 2.13 bits per heavy atom. The molecule has 0 spiro atoms. The molecule has 1 aliphatic heterocycles. The first-order chi connectivity index (χ1) is 10.8. The summed E-state index contributed by atoms with van der Waals surface area (Å²) in [5, 5.41) is 6.07. The molecule has 3 rings (SSSR count). The molecular formula is C14H20N6O3. The maximum atomic E-state index is 11.9. The van der Waals surface area contributed by atoms with Crippen LogP contribution in [-0.2, 0) is 9.53 Å². The molecule has 2 heterocycles. The van der Waals surface area contributed by atoms with E-state index in [-0.39, 0.29) is 24.1 Å². The number of hydrogen-bond acceptors (Lipinski definition) is 7. The van der Waals surface area contributed by atoms with Crippen molar-refractivity contribution in [2.24, 2.45) is 5.73 Å². The molecule has 1 fully saturated rings. The average molecular weight is 320 g/mol. The van der Waals surface area contributed by atoms with E-state index in [0.29, 0.717) is 36.0 Å². The van der Waals surface area contributed by atoms with Crippen LogP contribution in [-0.4, -0.2) is 47.2 Å². The zero-order chi connectivity index (χ0) is 16.7. The number of amides is 2. The van der Waals surface area contributed by atoms with Crippen LogP contribution in [0.25, 0.3) is 0 Å². The number of nitrogens with zero attached hydrogens (tertiary/aromatic N) is 3. The molecule has 1 aromatic heterocycles. The lowest BCUT2D eigenvalue weighted by molar-refractivity contribution is -0.117. The highest BCUT2D eigenvalue weighted by molar-refractivity contribution is 6.03. The van der Waals surface area contributed by atoms with Crippen molar-refractivity contribution in [2.45, 2.75) is 44.9 Å². The molecule has 4 N–H and O–H groups in total. The number of ether oxygens (including phenoxy) is 1. The highest BCUT2D eigenvalue weighted by Crippen LogP contribution is 2.33. The monoisotopic (exact) mass is 320 g/mol. The minimum absolute atomic E-state index is 0.0714. The Hall–Kier alpha value is -2.58. The van der Waals surface area contributed by atoms with Crippen LogP contribution in [0.4, 0.5) is 22.2 Å². The van der Waals surface area contributed by atoms with Crippen molar-refractivity contribution in [3.05, 3.63) is 5.69 Å². The molecule has 0 bridgehead atoms. The normalized spacial score (nSPS) is 26.0. The van der Waals surface area contributed by atoms with E-state index < -0.39 is 6.09 Å². The summed E-state index contributed by atoms with van der Waals surface area (Å²) >= 11 is 0. The van der Waals surface area contributed by atoms with Crippen LogP contribution >= 0.6 is 0 Å². The van der Waals surface area contributed by atoms with E-state index in [1.807, 2.05) is 25.8 Å². The van der Waals surface area contributed by atoms with Crippen molar-refractivity contribution in [1.82, 2.24) is 9.97 Å². The smallest absolute Gasteiger partial charge is 0.404 e. The Balaban J connectivity index is 1.72. The fraction of sp³-hybridized carbons (Fsp3) is 0.571. The first kappa shape index (κ1) is 15.3. The lowest BCUT2D eigenvalue weighted by Gasteiger charge is -2.36. The van der Waals surface area contributed by atoms with Crippen molar-refractivity contribution in [3.63, 3.8) is 0 Å². The van der Waals surface area contributed by atoms with E-state index in [4.69, 9.17) is 10.5 Å². The molecule has 1 atom stereocenters. The van der Waals surface area contributed by atoms with Crippen molar-refractivity contribution < 1.29 is 14.3 Å². The van der Waals surface area contributed by atoms with E-state index in [1.165, 1.54) is 0 Å². The molecule has 9 heteroatoms. The molecule has 23 heavy (non-hydrogen) atoms. The molecule has 1 aliphatic carbocycles. The fourth-order valence-electron chi connectivity index (χ4n) is 2.74. The molecule has 1 saturated carbocycles. The van der Waals surface area contributed by atoms with Crippen LogP contribution in [0, 0.1) is 6.92 Å². The fourth-order valence-corrected chi connectivity index (χ4v) is 2.74. The summed E-state index contributed by atoms with van der Waals surface area (Å²) in [5.74, 6) is 1.12. The first-order valence-corrected chi connectivity index (χ1v) is 7.50. The van der Waals surface area contributed by atoms with E-state index >= 15 is 0 Å². The lowest BCUT2D eigenvalue weighted by Crippen LogP contribution is -2.45. The third-order valence-electron chi connectivity index (χ3n) is 4.32. The largest absolute Gasteiger partial charge is 0.446 e. The van der Waals surface area contributed by atoms with Crippen molar-refractivity contribution in [1.29, 1.82) is 0 Å². The maximum Gasteiger partial charge on any atom is 0.404 e. The van der Waals surface area contributed by atoms with E-state index in [1.54, 1.807) is 0 Å². The molecule has 124 valence electrons. The van der Waals surface area contributed by atoms with Crippen molar-refractivity contribution in [3.8, 4) is 0 Å². The quantitative estimate of drug-likeness (QED) is 0.745. The molecule has 1 aromatic rings. The number of nitrogens with two attached hydrogens (primary N) is 1. The van der Waals surface area contributed by atoms with Gasteiger partial charge in [0, 0.05) is 25.9 Å². The molecule has 0 radical (unpaired) electrons. The number of primary amides is 1. The van der Waals surface area contributed by atoms with Crippen molar-refractivity contribution in [2.75, 3.05) is 22.6 Å². The van der Waals surface area contributed by atoms with Gasteiger partial charge in [0.15, 0.2) is 5.82 Å². The predicted molar refractivity (Wildman–Crippen MR) is 84.4 cm³/mol. The Morgan fingerprint density at radius 3 is 2.78 bits per heavy atom. The summed E-state index contributed by atoms with van der Waals surface area (Å²) in [4.78, 5) is 33.3. The highest BCUT2D eigenvalue weighted by Gasteiger charge is 2.34. The highest BCUT2D eigenvalue weighted by atomic mass is 16.6. The maximum absolute atomic E-state index is 11.9. The number of fused-ring (bicyclic) bond motifs is 1. The van der Waals surface area contributed by atoms with Gasteiger partial charge in [0.25, 0.3) is 0 Å². The molecule has 0 aromatic carbocycles. The zero-order valence-corrected chi connectivity index (χ0v) is 13.3. The van der Waals surface area contributed by atoms with Crippen LogP contribution < -0.4 is 21.3 Å². The lowest BCUT2D eigenvalue weighted by atomic mass is 9.89. The number of nitrogens with one attached hydrogen (secondary N) is 2. The summed E-state index contributed by atoms with van der Waals surface area (Å²) < 4.78 is 4.91. The van der Waals surface area contributed by atoms with E-state index in [9.17, 15) is 9.59 Å². The number of rotatable bonds is 3. The number of aromatic nitrogens is 2. The number of hydrogen-bond donors (Lipinski definition) is 3. The Kier molecular flexibility index (Phi) is 3.70. The zero-order valence-electron chi connectivity index (χ0n) is 13.3. The summed E-state index contributed by atoms with van der Waals surface area (Å²) in [6.07, 6.45) is 0.447. The molecule has 0 saturated heterocycles. The van der Waals surface area contributed by atoms with Gasteiger partial charge in [-0.3, -0.25) is 4.79 Å². The molecule has 2 aliphatic rings. The minimum atomic E-state index is -0.749. The van der Waals surface area contributed by atoms with E-state index in [2.05, 4.69) is 20.6 Å². The molecule has 9 nitrogen and oxygen atoms in total. The van der Waals surface area contributed by atoms with Gasteiger partial charge in [0.05, 0.1) is 5.69 Å². The number of aryl methyl sites for hydroxylation is 1. The van der Waals surface area contributed by atoms with Gasteiger partial charge in [-0.05, 0) is 13.8 Å². The van der Waals surface area contributed by atoms with Gasteiger partial charge in [-0.25, -0.2) is 9.78 Å². The van der Waals surface area contributed by atoms with Gasteiger partial charge in [0.1, 0.15) is 17.8 Å². The Labute approximate surface area is 133 Å². The van der Waals surface area contributed by atoms with Crippen LogP contribution in [0.1, 0.15) is 25.5 Å². The minimum Gasteiger partial charge on any atom is -0.446 e. The topological polar surface area (TPSA) is 122 Å². The van der Waals surface area contributed by atoms with Gasteiger partial charge in [0.2, 0.25) is 11.9 Å². The van der Waals surface area contributed by atoms with Gasteiger partial charge in [-0.2, -0.15) is 4.98 Å². The second-order valence-electron chi connectivity index (χ2n) is 5.98. The Morgan fingerprint density at radius 1 is 1.43 bits per heavy atom. The van der Waals surface area contributed by atoms with Crippen LogP contribution in [0.15, 0.2) is 0 Å². The molecule has 0 unspecified atom stereocenters. The third kappa shape index (κ3) is 2.86. The number of anilines is 3. The second-order valence-corrected chi connectivity index (χ2v) is 5.98. The number of likely N-dealkylation sites (N-methyl/N-ethyl adjacent to an activating group) is 1. The predicted octanol–water partition coefficient (Wildman–Crippen LogP) is 0.600. The van der Waals surface area contributed by atoms with Crippen LogP contribution in [0.5, 0.6) is 0 Å². The van der Waals surface area contributed by atoms with Gasteiger partial charge in [-0.15, -0.1) is 0 Å². The van der Waals surface area contributed by atoms with E-state index in [0.717, 1.165) is 0 Å². The van der Waals surface area contributed by atoms with Crippen LogP contribution in [0.2, 0.25) is 0 Å². The number of carbonyl (C=O) groups excluding carboxylic acids is 2. The standard InChI is InChI=1S/C14H20N6O3/c1-6-10-11(20(3)7(2)12(21)18-10)19-14(16-6)17-8-4-9(5-8)23-13(15)22/h7-9H,4-5H2,1-3H3,(H2,15,22)(H,18,21)(H,16,17,19)/t7-,8?,9?/m0/s1. The first-order valence-electron chi connectivity index (χ1n) is 7.50. The summed E-state index contributed by atoms with van der Waals surface area (Å²) in [5.41, 5.74) is 6.34. The molecule has 2 amide bonds. The third-order valence-corrected chi connectivity index (χ3v) is 4.32. The van der Waals surface area contributed by atoms with Gasteiger partial charge in [-0.1, -0.05) is 0 Å². The van der Waals surface area contributed by atoms with Gasteiger partial charge < -0.3 is 26.0 Å². The summed E-state index contributed by atoms with van der Waals surface area (Å²) in [7, 11) is 1.83. The average Bonchev–Trinajstić information content (AvgIpc) is 2.44. The number of carbonyl (C=O) groups is 2. The second kappa shape index (κ2) is 5.56.